The van der Waals surface area contributed by atoms with Crippen LogP contribution in [0.1, 0.15) is 38.7 Å². The summed E-state index contributed by atoms with van der Waals surface area (Å²) >= 11 is 0. The van der Waals surface area contributed by atoms with E-state index in [1.54, 1.807) is 12.1 Å². The maximum Gasteiger partial charge on any atom is 0.224 e. The van der Waals surface area contributed by atoms with Crippen LogP contribution >= 0.6 is 0 Å². The molecule has 0 bridgehead atoms. The molecule has 0 aliphatic carbocycles. The molecule has 0 heterocycles. The van der Waals surface area contributed by atoms with E-state index in [1.165, 1.54) is 5.56 Å². The van der Waals surface area contributed by atoms with E-state index in [-0.39, 0.29) is 5.91 Å². The third kappa shape index (κ3) is 6.89. The molecule has 1 atom stereocenters. The Morgan fingerprint density at radius 1 is 1.08 bits per heavy atom. The molecule has 2 N–H and O–H groups in total. The smallest absolute Gasteiger partial charge is 0.224 e. The van der Waals surface area contributed by atoms with Crippen molar-refractivity contribution in [2.24, 2.45) is 0 Å². The third-order valence-electron chi connectivity index (χ3n) is 4.51. The normalized spacial score (nSPS) is 12.1. The van der Waals surface area contributed by atoms with Crippen molar-refractivity contribution in [3.63, 3.8) is 0 Å². The molecule has 0 aliphatic heterocycles. The van der Waals surface area contributed by atoms with Gasteiger partial charge in [-0.15, -0.1) is 0 Å². The average molecular weight is 354 g/mol. The van der Waals surface area contributed by atoms with Crippen molar-refractivity contribution in [1.82, 2.24) is 4.90 Å². The molecule has 0 saturated carbocycles. The van der Waals surface area contributed by atoms with E-state index in [9.17, 15) is 9.90 Å². The molecule has 2 aromatic carbocycles. The predicted molar refractivity (Wildman–Crippen MR) is 107 cm³/mol. The maximum absolute atomic E-state index is 12.1. The number of carbonyl (C=O) groups excluding carboxylic acids is 1. The molecule has 0 saturated heterocycles. The lowest BCUT2D eigenvalue weighted by Gasteiger charge is -2.29. The van der Waals surface area contributed by atoms with Crippen LogP contribution in [0, 0.1) is 0 Å². The van der Waals surface area contributed by atoms with E-state index in [1.807, 2.05) is 42.5 Å². The van der Waals surface area contributed by atoms with E-state index in [0.29, 0.717) is 18.2 Å². The Labute approximate surface area is 156 Å². The molecular formula is C22H30N2O2. The van der Waals surface area contributed by atoms with Gasteiger partial charge >= 0.3 is 0 Å². The second kappa shape index (κ2) is 10.6. The zero-order chi connectivity index (χ0) is 18.8. The largest absolute Gasteiger partial charge is 0.508 e. The van der Waals surface area contributed by atoms with Gasteiger partial charge < -0.3 is 15.3 Å². The Hall–Kier alpha value is -2.33. The summed E-state index contributed by atoms with van der Waals surface area (Å²) in [6, 6.07) is 17.4. The monoisotopic (exact) mass is 354 g/mol. The molecule has 4 heteroatoms. The summed E-state index contributed by atoms with van der Waals surface area (Å²) in [5, 5.41) is 12.4. The first kappa shape index (κ1) is 20.0. The van der Waals surface area contributed by atoms with Gasteiger partial charge in [-0.05, 0) is 69.1 Å². The minimum atomic E-state index is 0.0684. The molecular weight excluding hydrogens is 324 g/mol. The fourth-order valence-corrected chi connectivity index (χ4v) is 3.13. The number of para-hydroxylation sites is 1. The van der Waals surface area contributed by atoms with Crippen LogP contribution in [0.4, 0.5) is 5.69 Å². The Bertz CT molecular complexity index is 656. The highest BCUT2D eigenvalue weighted by atomic mass is 16.3. The van der Waals surface area contributed by atoms with Crippen LogP contribution in [0.15, 0.2) is 54.6 Å². The van der Waals surface area contributed by atoms with Gasteiger partial charge in [-0.1, -0.05) is 37.3 Å². The van der Waals surface area contributed by atoms with E-state index < -0.39 is 0 Å². The molecule has 0 spiro atoms. The second-order valence-corrected chi connectivity index (χ2v) is 6.77. The van der Waals surface area contributed by atoms with Gasteiger partial charge in [-0.3, -0.25) is 4.79 Å². The Kier molecular flexibility index (Phi) is 8.16. The van der Waals surface area contributed by atoms with Gasteiger partial charge in [0.25, 0.3) is 0 Å². The third-order valence-corrected chi connectivity index (χ3v) is 4.51. The van der Waals surface area contributed by atoms with Crippen molar-refractivity contribution in [3.8, 4) is 5.75 Å². The fraction of sp³-hybridized carbons (Fsp3) is 0.409. The molecule has 4 nitrogen and oxygen atoms in total. The van der Waals surface area contributed by atoms with E-state index >= 15 is 0 Å². The van der Waals surface area contributed by atoms with Gasteiger partial charge in [0.2, 0.25) is 5.91 Å². The molecule has 0 radical (unpaired) electrons. The zero-order valence-electron chi connectivity index (χ0n) is 15.8. The number of rotatable bonds is 10. The van der Waals surface area contributed by atoms with Crippen LogP contribution in [0.2, 0.25) is 0 Å². The van der Waals surface area contributed by atoms with Gasteiger partial charge in [0.15, 0.2) is 0 Å². The van der Waals surface area contributed by atoms with Crippen molar-refractivity contribution in [3.05, 3.63) is 60.2 Å². The Balaban J connectivity index is 1.79. The zero-order valence-corrected chi connectivity index (χ0v) is 15.8. The summed E-state index contributed by atoms with van der Waals surface area (Å²) < 4.78 is 0. The number of nitrogens with zero attached hydrogens (tertiary/aromatic N) is 1. The standard InChI is InChI=1S/C22H30N2O2/c1-3-15-24(18(2)17-19-11-13-21(25)14-12-19)16-7-10-22(26)23-20-8-5-4-6-9-20/h4-6,8-9,11-14,18,25H,3,7,10,15-17H2,1-2H3,(H,23,26). The maximum atomic E-state index is 12.1. The first-order chi connectivity index (χ1) is 12.6. The lowest BCUT2D eigenvalue weighted by Crippen LogP contribution is -2.36. The predicted octanol–water partition coefficient (Wildman–Crippen LogP) is 4.45. The van der Waals surface area contributed by atoms with Crippen molar-refractivity contribution in [2.75, 3.05) is 18.4 Å². The van der Waals surface area contributed by atoms with Crippen LogP contribution in [0.25, 0.3) is 0 Å². The molecule has 140 valence electrons. The average Bonchev–Trinajstić information content (AvgIpc) is 2.63. The van der Waals surface area contributed by atoms with E-state index in [2.05, 4.69) is 24.1 Å². The van der Waals surface area contributed by atoms with Crippen LogP contribution in [0.5, 0.6) is 5.75 Å². The SMILES string of the molecule is CCCN(CCCC(=O)Nc1ccccc1)C(C)Cc1ccc(O)cc1. The summed E-state index contributed by atoms with van der Waals surface area (Å²) in [5.41, 5.74) is 2.07. The number of phenols is 1. The Morgan fingerprint density at radius 3 is 2.42 bits per heavy atom. The number of amides is 1. The highest BCUT2D eigenvalue weighted by molar-refractivity contribution is 5.90. The van der Waals surface area contributed by atoms with Crippen LogP contribution < -0.4 is 5.32 Å². The van der Waals surface area contributed by atoms with Crippen LogP contribution in [0.3, 0.4) is 0 Å². The minimum absolute atomic E-state index is 0.0684. The molecule has 2 rings (SSSR count). The topological polar surface area (TPSA) is 52.6 Å². The van der Waals surface area contributed by atoms with Crippen molar-refractivity contribution in [1.29, 1.82) is 0 Å². The van der Waals surface area contributed by atoms with Gasteiger partial charge in [-0.25, -0.2) is 0 Å². The number of carbonyl (C=O) groups is 1. The minimum Gasteiger partial charge on any atom is -0.508 e. The Morgan fingerprint density at radius 2 is 1.77 bits per heavy atom. The highest BCUT2D eigenvalue weighted by Gasteiger charge is 2.14. The van der Waals surface area contributed by atoms with Crippen molar-refractivity contribution < 1.29 is 9.90 Å². The fourth-order valence-electron chi connectivity index (χ4n) is 3.13. The number of benzene rings is 2. The molecule has 1 amide bonds. The molecule has 0 aromatic heterocycles. The molecule has 1 unspecified atom stereocenters. The number of hydrogen-bond donors (Lipinski definition) is 2. The van der Waals surface area contributed by atoms with Crippen molar-refractivity contribution in [2.45, 2.75) is 45.6 Å². The van der Waals surface area contributed by atoms with Gasteiger partial charge in [0.1, 0.15) is 5.75 Å². The molecule has 26 heavy (non-hydrogen) atoms. The highest BCUT2D eigenvalue weighted by Crippen LogP contribution is 2.15. The van der Waals surface area contributed by atoms with E-state index in [4.69, 9.17) is 0 Å². The first-order valence-corrected chi connectivity index (χ1v) is 9.45. The number of hydrogen-bond acceptors (Lipinski definition) is 3. The molecule has 0 aliphatic rings. The van der Waals surface area contributed by atoms with Crippen LogP contribution in [-0.2, 0) is 11.2 Å². The van der Waals surface area contributed by atoms with Gasteiger partial charge in [-0.2, -0.15) is 0 Å². The molecule has 0 fully saturated rings. The summed E-state index contributed by atoms with van der Waals surface area (Å²) in [6.07, 6.45) is 3.41. The number of phenolic OH excluding ortho intramolecular Hbond substituents is 1. The summed E-state index contributed by atoms with van der Waals surface area (Å²) in [7, 11) is 0. The molecule has 2 aromatic rings. The summed E-state index contributed by atoms with van der Waals surface area (Å²) in [4.78, 5) is 14.5. The summed E-state index contributed by atoms with van der Waals surface area (Å²) in [6.45, 7) is 6.35. The quantitative estimate of drug-likeness (QED) is 0.662. The lowest BCUT2D eigenvalue weighted by atomic mass is 10.0. The number of anilines is 1. The van der Waals surface area contributed by atoms with Gasteiger partial charge in [0, 0.05) is 18.2 Å². The number of aromatic hydroxyl groups is 1. The first-order valence-electron chi connectivity index (χ1n) is 9.45. The van der Waals surface area contributed by atoms with Gasteiger partial charge in [0.05, 0.1) is 0 Å². The summed E-state index contributed by atoms with van der Waals surface area (Å²) in [5.74, 6) is 0.370. The lowest BCUT2D eigenvalue weighted by molar-refractivity contribution is -0.116. The second-order valence-electron chi connectivity index (χ2n) is 6.77. The number of nitrogens with one attached hydrogen (secondary N) is 1. The van der Waals surface area contributed by atoms with E-state index in [0.717, 1.165) is 38.0 Å². The van der Waals surface area contributed by atoms with Crippen LogP contribution in [-0.4, -0.2) is 35.0 Å². The van der Waals surface area contributed by atoms with Crippen molar-refractivity contribution >= 4 is 11.6 Å².